The first kappa shape index (κ1) is 18.4. The summed E-state index contributed by atoms with van der Waals surface area (Å²) in [6, 6.07) is 7.76. The number of carbonyl (C=O) groups is 2. The van der Waals surface area contributed by atoms with Crippen LogP contribution < -0.4 is 0 Å². The van der Waals surface area contributed by atoms with Crippen LogP contribution in [0, 0.1) is 5.92 Å². The molecule has 0 radical (unpaired) electrons. The van der Waals surface area contributed by atoms with Crippen LogP contribution in [-0.4, -0.2) is 38.3 Å². The van der Waals surface area contributed by atoms with Gasteiger partial charge in [-0.25, -0.2) is 8.42 Å². The Kier molecular flexibility index (Phi) is 5.32. The standard InChI is InChI=1S/C17H22O6S/c1-4-8-14-13(11-15(18)22-3)17(2,16(19)23-14)24(20,21)12-9-6-5-7-10-12/h5-7,9-10,13-14H,4,8,11H2,1-3H3/t13-,14-,17+/m1/s1. The molecule has 1 aromatic rings. The number of methoxy groups -OCH3 is 1. The number of rotatable bonds is 6. The molecule has 132 valence electrons. The Morgan fingerprint density at radius 3 is 2.46 bits per heavy atom. The maximum Gasteiger partial charge on any atom is 0.328 e. The molecule has 1 saturated heterocycles. The van der Waals surface area contributed by atoms with Crippen LogP contribution in [0.25, 0.3) is 0 Å². The Morgan fingerprint density at radius 1 is 1.29 bits per heavy atom. The van der Waals surface area contributed by atoms with Crippen molar-refractivity contribution in [2.45, 2.75) is 48.9 Å². The van der Waals surface area contributed by atoms with E-state index in [4.69, 9.17) is 4.74 Å². The highest BCUT2D eigenvalue weighted by Crippen LogP contribution is 2.44. The van der Waals surface area contributed by atoms with Gasteiger partial charge >= 0.3 is 11.9 Å². The van der Waals surface area contributed by atoms with Crippen LogP contribution in [-0.2, 0) is 28.9 Å². The van der Waals surface area contributed by atoms with Crippen molar-refractivity contribution in [3.8, 4) is 0 Å². The van der Waals surface area contributed by atoms with Crippen LogP contribution >= 0.6 is 0 Å². The first-order valence-electron chi connectivity index (χ1n) is 7.86. The predicted molar refractivity (Wildman–Crippen MR) is 86.9 cm³/mol. The number of esters is 2. The Bertz CT molecular complexity index is 712. The van der Waals surface area contributed by atoms with E-state index >= 15 is 0 Å². The molecule has 0 amide bonds. The molecule has 6 nitrogen and oxygen atoms in total. The van der Waals surface area contributed by atoms with Crippen LogP contribution in [0.15, 0.2) is 35.2 Å². The lowest BCUT2D eigenvalue weighted by atomic mass is 9.86. The first-order valence-corrected chi connectivity index (χ1v) is 9.35. The van der Waals surface area contributed by atoms with Gasteiger partial charge in [0, 0.05) is 5.92 Å². The zero-order chi connectivity index (χ0) is 18.0. The van der Waals surface area contributed by atoms with E-state index in [0.717, 1.165) is 0 Å². The fourth-order valence-corrected chi connectivity index (χ4v) is 5.04. The van der Waals surface area contributed by atoms with Gasteiger partial charge in [0.05, 0.1) is 18.4 Å². The van der Waals surface area contributed by atoms with E-state index in [1.165, 1.54) is 26.2 Å². The van der Waals surface area contributed by atoms with Crippen LogP contribution in [0.1, 0.15) is 33.1 Å². The average molecular weight is 354 g/mol. The summed E-state index contributed by atoms with van der Waals surface area (Å²) in [5.41, 5.74) is 0. The number of hydrogen-bond acceptors (Lipinski definition) is 6. The second kappa shape index (κ2) is 6.93. The molecule has 1 aliphatic heterocycles. The van der Waals surface area contributed by atoms with E-state index in [9.17, 15) is 18.0 Å². The number of carbonyl (C=O) groups excluding carboxylic acids is 2. The van der Waals surface area contributed by atoms with Crippen molar-refractivity contribution in [1.82, 2.24) is 0 Å². The molecule has 1 heterocycles. The lowest BCUT2D eigenvalue weighted by Crippen LogP contribution is -2.47. The number of hydrogen-bond donors (Lipinski definition) is 0. The molecule has 0 saturated carbocycles. The van der Waals surface area contributed by atoms with Gasteiger partial charge in [-0.2, -0.15) is 0 Å². The van der Waals surface area contributed by atoms with Crippen LogP contribution in [0.4, 0.5) is 0 Å². The highest BCUT2D eigenvalue weighted by atomic mass is 32.2. The van der Waals surface area contributed by atoms with Gasteiger partial charge in [0.1, 0.15) is 6.10 Å². The first-order chi connectivity index (χ1) is 11.3. The fraction of sp³-hybridized carbons (Fsp3) is 0.529. The van der Waals surface area contributed by atoms with E-state index in [1.54, 1.807) is 18.2 Å². The minimum Gasteiger partial charge on any atom is -0.469 e. The highest BCUT2D eigenvalue weighted by Gasteiger charge is 2.62. The molecule has 7 heteroatoms. The molecule has 0 aliphatic carbocycles. The maximum atomic E-state index is 13.1. The molecule has 1 fully saturated rings. The molecular weight excluding hydrogens is 332 g/mol. The van der Waals surface area contributed by atoms with E-state index in [2.05, 4.69) is 4.74 Å². The molecule has 0 bridgehead atoms. The van der Waals surface area contributed by atoms with Gasteiger partial charge in [-0.3, -0.25) is 9.59 Å². The Morgan fingerprint density at radius 2 is 1.92 bits per heavy atom. The maximum absolute atomic E-state index is 13.1. The van der Waals surface area contributed by atoms with E-state index in [0.29, 0.717) is 12.8 Å². The molecule has 0 aromatic heterocycles. The van der Waals surface area contributed by atoms with E-state index < -0.39 is 38.5 Å². The van der Waals surface area contributed by atoms with Gasteiger partial charge in [0.25, 0.3) is 0 Å². The number of cyclic esters (lactones) is 1. The van der Waals surface area contributed by atoms with Crippen molar-refractivity contribution in [2.24, 2.45) is 5.92 Å². The molecule has 24 heavy (non-hydrogen) atoms. The van der Waals surface area contributed by atoms with Crippen LogP contribution in [0.3, 0.4) is 0 Å². The molecule has 0 spiro atoms. The van der Waals surface area contributed by atoms with Gasteiger partial charge in [-0.1, -0.05) is 31.5 Å². The van der Waals surface area contributed by atoms with Crippen molar-refractivity contribution in [1.29, 1.82) is 0 Å². The molecule has 0 N–H and O–H groups in total. The zero-order valence-electron chi connectivity index (χ0n) is 14.0. The van der Waals surface area contributed by atoms with Crippen molar-refractivity contribution in [2.75, 3.05) is 7.11 Å². The Hall–Kier alpha value is -1.89. The Balaban J connectivity index is 2.53. The van der Waals surface area contributed by atoms with Gasteiger partial charge in [0.15, 0.2) is 14.6 Å². The quantitative estimate of drug-likeness (QED) is 0.727. The van der Waals surface area contributed by atoms with Crippen molar-refractivity contribution in [3.63, 3.8) is 0 Å². The summed E-state index contributed by atoms with van der Waals surface area (Å²) < 4.78 is 34.5. The van der Waals surface area contributed by atoms with Crippen molar-refractivity contribution < 1.29 is 27.5 Å². The summed E-state index contributed by atoms with van der Waals surface area (Å²) in [6.07, 6.45) is 0.393. The van der Waals surface area contributed by atoms with Crippen LogP contribution in [0.5, 0.6) is 0 Å². The average Bonchev–Trinajstić information content (AvgIpc) is 2.81. The summed E-state index contributed by atoms with van der Waals surface area (Å²) in [4.78, 5) is 24.4. The molecule has 2 rings (SSSR count). The lowest BCUT2D eigenvalue weighted by molar-refractivity contribution is -0.144. The molecule has 0 unspecified atom stereocenters. The topological polar surface area (TPSA) is 86.7 Å². The third-order valence-electron chi connectivity index (χ3n) is 4.62. The summed E-state index contributed by atoms with van der Waals surface area (Å²) in [7, 11) is -2.79. The second-order valence-electron chi connectivity index (χ2n) is 6.04. The largest absolute Gasteiger partial charge is 0.469 e. The minimum absolute atomic E-state index is 0.0384. The third kappa shape index (κ3) is 2.92. The van der Waals surface area contributed by atoms with E-state index in [-0.39, 0.29) is 11.3 Å². The van der Waals surface area contributed by atoms with Gasteiger partial charge in [-0.15, -0.1) is 0 Å². The molecule has 3 atom stereocenters. The smallest absolute Gasteiger partial charge is 0.328 e. The van der Waals surface area contributed by atoms with Crippen molar-refractivity contribution >= 4 is 21.8 Å². The summed E-state index contributed by atoms with van der Waals surface area (Å²) in [5, 5.41) is 0. The Labute approximate surface area is 142 Å². The second-order valence-corrected chi connectivity index (χ2v) is 8.37. The molecule has 1 aromatic carbocycles. The van der Waals surface area contributed by atoms with Crippen molar-refractivity contribution in [3.05, 3.63) is 30.3 Å². The zero-order valence-corrected chi connectivity index (χ0v) is 14.8. The minimum atomic E-state index is -4.02. The summed E-state index contributed by atoms with van der Waals surface area (Å²) in [6.45, 7) is 3.26. The molecular formula is C17H22O6S. The lowest BCUT2D eigenvalue weighted by Gasteiger charge is -2.28. The van der Waals surface area contributed by atoms with Gasteiger partial charge in [-0.05, 0) is 25.5 Å². The SMILES string of the molecule is CCC[C@H]1OC(=O)[C@@](C)(S(=O)(=O)c2ccccc2)[C@@H]1CC(=O)OC. The number of benzene rings is 1. The van der Waals surface area contributed by atoms with E-state index in [1.807, 2.05) is 6.92 Å². The summed E-state index contributed by atoms with van der Waals surface area (Å²) in [5.74, 6) is -2.16. The highest BCUT2D eigenvalue weighted by molar-refractivity contribution is 7.93. The third-order valence-corrected chi connectivity index (χ3v) is 7.10. The predicted octanol–water partition coefficient (Wildman–Crippen LogP) is 2.12. The normalized spacial score (nSPS) is 26.9. The molecule has 1 aliphatic rings. The monoisotopic (exact) mass is 354 g/mol. The number of ether oxygens (including phenoxy) is 2. The van der Waals surface area contributed by atoms with Gasteiger partial charge in [0.2, 0.25) is 0 Å². The van der Waals surface area contributed by atoms with Crippen LogP contribution in [0.2, 0.25) is 0 Å². The van der Waals surface area contributed by atoms with Gasteiger partial charge < -0.3 is 9.47 Å². The number of sulfone groups is 1. The fourth-order valence-electron chi connectivity index (χ4n) is 3.13. The summed E-state index contributed by atoms with van der Waals surface area (Å²) >= 11 is 0.